The van der Waals surface area contributed by atoms with E-state index in [2.05, 4.69) is 47.6 Å². The molecule has 2 saturated heterocycles. The predicted molar refractivity (Wildman–Crippen MR) is 199 cm³/mol. The molecule has 2 heterocycles. The van der Waals surface area contributed by atoms with Crippen molar-refractivity contribution >= 4 is 11.9 Å². The Morgan fingerprint density at radius 2 is 1.33 bits per heavy atom. The molecule has 4 saturated carbocycles. The molecule has 2 aliphatic heterocycles. The van der Waals surface area contributed by atoms with Crippen LogP contribution in [0.2, 0.25) is 0 Å². The quantitative estimate of drug-likeness (QED) is 0.0997. The molecule has 0 aromatic carbocycles. The van der Waals surface area contributed by atoms with Crippen molar-refractivity contribution in [3.05, 3.63) is 11.6 Å². The van der Waals surface area contributed by atoms with Gasteiger partial charge in [0.25, 0.3) is 0 Å². The van der Waals surface area contributed by atoms with Gasteiger partial charge in [-0.2, -0.15) is 0 Å². The van der Waals surface area contributed by atoms with Crippen molar-refractivity contribution in [2.24, 2.45) is 56.7 Å². The Bertz CT molecular complexity index is 1570. The molecule has 0 aromatic heterocycles. The van der Waals surface area contributed by atoms with E-state index in [-0.39, 0.29) is 41.9 Å². The summed E-state index contributed by atoms with van der Waals surface area (Å²) in [5.41, 5.74) is -3.12. The van der Waals surface area contributed by atoms with Crippen LogP contribution >= 0.6 is 0 Å². The van der Waals surface area contributed by atoms with Gasteiger partial charge in [0.2, 0.25) is 6.29 Å². The van der Waals surface area contributed by atoms with E-state index >= 15 is 0 Å². The number of carbonyl (C=O) groups is 2. The SMILES string of the molecule is C[C@H]1[C@@H](C)CC[C@]2(C(=O)O[C@@H]3O[C@H](CO)[C@@H](O)[C@H](O)[C@H]3O)CC[C@]3(C(=O)O)C(=CC[C@@H]4[C@]5(C)CC[C@H](O[C@@H]6O[C@H](CO)[C@@H](O)[C@H](O)[C@H]6O)C(C)(C)[C@H]5CC[C@@]43C)[C@@H]12. The lowest BCUT2D eigenvalue weighted by Crippen LogP contribution is -2.68. The van der Waals surface area contributed by atoms with Crippen LogP contribution in [-0.2, 0) is 28.5 Å². The topological polar surface area (TPSA) is 253 Å². The lowest BCUT2D eigenvalue weighted by atomic mass is 9.33. The number of carboxylic acid groups (broad SMARTS) is 1. The Balaban J connectivity index is 1.20. The van der Waals surface area contributed by atoms with E-state index < -0.39 is 120 Å². The van der Waals surface area contributed by atoms with Gasteiger partial charge < -0.3 is 64.9 Å². The Morgan fingerprint density at radius 3 is 1.93 bits per heavy atom. The predicted octanol–water partition coefficient (Wildman–Crippen LogP) is 1.24. The minimum Gasteiger partial charge on any atom is -0.481 e. The zero-order valence-electron chi connectivity index (χ0n) is 34.1. The highest BCUT2D eigenvalue weighted by molar-refractivity contribution is 5.85. The van der Waals surface area contributed by atoms with Crippen molar-refractivity contribution in [3.63, 3.8) is 0 Å². The number of allylic oxidation sites excluding steroid dienone is 1. The van der Waals surface area contributed by atoms with E-state index in [0.717, 1.165) is 5.57 Å². The molecule has 57 heavy (non-hydrogen) atoms. The number of rotatable bonds is 7. The van der Waals surface area contributed by atoms with E-state index in [4.69, 9.17) is 18.9 Å². The smallest absolute Gasteiger partial charge is 0.315 e. The highest BCUT2D eigenvalue weighted by Gasteiger charge is 2.74. The van der Waals surface area contributed by atoms with Gasteiger partial charge in [0.15, 0.2) is 6.29 Å². The van der Waals surface area contributed by atoms with Crippen molar-refractivity contribution < 1.29 is 74.5 Å². The van der Waals surface area contributed by atoms with Crippen molar-refractivity contribution in [1.29, 1.82) is 0 Å². The third kappa shape index (κ3) is 6.14. The van der Waals surface area contributed by atoms with Crippen molar-refractivity contribution in [2.45, 2.75) is 167 Å². The van der Waals surface area contributed by atoms with Crippen molar-refractivity contribution in [2.75, 3.05) is 13.2 Å². The fourth-order valence-corrected chi connectivity index (χ4v) is 13.9. The van der Waals surface area contributed by atoms with Crippen molar-refractivity contribution in [1.82, 2.24) is 0 Å². The maximum absolute atomic E-state index is 14.6. The van der Waals surface area contributed by atoms with E-state index in [9.17, 15) is 55.5 Å². The second kappa shape index (κ2) is 15.0. The number of aliphatic hydroxyl groups is 8. The third-order valence-corrected chi connectivity index (χ3v) is 17.4. The number of esters is 1. The summed E-state index contributed by atoms with van der Waals surface area (Å²) < 4.78 is 23.7. The van der Waals surface area contributed by atoms with Crippen LogP contribution in [-0.4, -0.2) is 139 Å². The van der Waals surface area contributed by atoms with Gasteiger partial charge in [0.1, 0.15) is 48.8 Å². The third-order valence-electron chi connectivity index (χ3n) is 17.4. The van der Waals surface area contributed by atoms with E-state index in [1.54, 1.807) is 0 Å². The lowest BCUT2D eigenvalue weighted by molar-refractivity contribution is -0.330. The van der Waals surface area contributed by atoms with E-state index in [1.807, 2.05) is 0 Å². The van der Waals surface area contributed by atoms with Gasteiger partial charge in [-0.05, 0) is 104 Å². The minimum absolute atomic E-state index is 0.0408. The lowest BCUT2D eigenvalue weighted by Gasteiger charge is -2.70. The summed E-state index contributed by atoms with van der Waals surface area (Å²) in [6.07, 6.45) is -8.38. The van der Waals surface area contributed by atoms with Crippen LogP contribution < -0.4 is 0 Å². The average Bonchev–Trinajstić information content (AvgIpc) is 3.16. The molecule has 5 aliphatic carbocycles. The molecule has 0 radical (unpaired) electrons. The van der Waals surface area contributed by atoms with Gasteiger partial charge >= 0.3 is 11.9 Å². The van der Waals surface area contributed by atoms with Crippen molar-refractivity contribution in [3.8, 4) is 0 Å². The first-order chi connectivity index (χ1) is 26.7. The Morgan fingerprint density at radius 1 is 0.737 bits per heavy atom. The highest BCUT2D eigenvalue weighted by atomic mass is 16.7. The summed E-state index contributed by atoms with van der Waals surface area (Å²) >= 11 is 0. The Labute approximate surface area is 334 Å². The summed E-state index contributed by atoms with van der Waals surface area (Å²) in [5.74, 6) is -1.90. The molecule has 7 rings (SSSR count). The molecule has 0 aromatic rings. The summed E-state index contributed by atoms with van der Waals surface area (Å²) in [5, 5.41) is 94.3. The zero-order chi connectivity index (χ0) is 41.8. The summed E-state index contributed by atoms with van der Waals surface area (Å²) in [4.78, 5) is 28.8. The maximum Gasteiger partial charge on any atom is 0.315 e. The molecule has 6 fully saturated rings. The largest absolute Gasteiger partial charge is 0.481 e. The number of aliphatic hydroxyl groups excluding tert-OH is 8. The average molecular weight is 811 g/mol. The van der Waals surface area contributed by atoms with Crippen LogP contribution in [0.25, 0.3) is 0 Å². The number of hydrogen-bond acceptors (Lipinski definition) is 14. The molecule has 15 nitrogen and oxygen atoms in total. The normalized spacial score (nSPS) is 53.3. The van der Waals surface area contributed by atoms with Crippen LogP contribution in [0.4, 0.5) is 0 Å². The Hall–Kier alpha value is -1.76. The fourth-order valence-electron chi connectivity index (χ4n) is 13.9. The molecular weight excluding hydrogens is 744 g/mol. The summed E-state index contributed by atoms with van der Waals surface area (Å²) in [6.45, 7) is 11.7. The van der Waals surface area contributed by atoms with Crippen LogP contribution in [0.3, 0.4) is 0 Å². The first-order valence-electron chi connectivity index (χ1n) is 21.1. The molecule has 0 bridgehead atoms. The molecule has 9 N–H and O–H groups in total. The number of ether oxygens (including phenoxy) is 4. The van der Waals surface area contributed by atoms with Gasteiger partial charge in [-0.25, -0.2) is 0 Å². The van der Waals surface area contributed by atoms with Crippen LogP contribution in [0.5, 0.6) is 0 Å². The first kappa shape index (κ1) is 43.3. The highest BCUT2D eigenvalue weighted by Crippen LogP contribution is 2.76. The second-order valence-corrected chi connectivity index (χ2v) is 20.0. The molecule has 324 valence electrons. The number of aliphatic carboxylic acids is 1. The minimum atomic E-state index is -1.75. The summed E-state index contributed by atoms with van der Waals surface area (Å²) in [7, 11) is 0. The van der Waals surface area contributed by atoms with E-state index in [0.29, 0.717) is 44.9 Å². The second-order valence-electron chi connectivity index (χ2n) is 20.0. The van der Waals surface area contributed by atoms with Crippen LogP contribution in [0.1, 0.15) is 99.3 Å². The van der Waals surface area contributed by atoms with Gasteiger partial charge in [-0.3, -0.25) is 9.59 Å². The van der Waals surface area contributed by atoms with E-state index in [1.165, 1.54) is 0 Å². The molecule has 0 spiro atoms. The summed E-state index contributed by atoms with van der Waals surface area (Å²) in [6, 6.07) is 0. The number of carbonyl (C=O) groups excluding carboxylic acids is 1. The molecular formula is C42H66O15. The van der Waals surface area contributed by atoms with Crippen LogP contribution in [0, 0.1) is 56.7 Å². The van der Waals surface area contributed by atoms with Gasteiger partial charge in [-0.1, -0.05) is 53.2 Å². The Kier molecular flexibility index (Phi) is 11.4. The zero-order valence-corrected chi connectivity index (χ0v) is 34.1. The standard InChI is InChI=1S/C42H66O15/c1-19-9-14-41(37(53)57-35-33(50)31(48)29(46)23(18-44)55-35)15-16-42(36(51)52)21(27(41)20(19)2)7-8-25-39(5)12-11-26(38(3,4)24(39)10-13-40(25,42)6)56-34-32(49)30(47)28(45)22(17-43)54-34/h7,19-20,22-35,43-50H,8-18H2,1-6H3,(H,51,52)/t19-,20-,22+,23+,24+,25+,26-,27+,28+,29+,30-,31-,32+,33+,34-,35-,39+,40-,41-,42+/m0/s1. The molecule has 0 amide bonds. The monoisotopic (exact) mass is 810 g/mol. The first-order valence-corrected chi connectivity index (χ1v) is 21.1. The number of carboxylic acids is 1. The number of hydrogen-bond donors (Lipinski definition) is 9. The van der Waals surface area contributed by atoms with Gasteiger partial charge in [-0.15, -0.1) is 0 Å². The molecule has 20 atom stereocenters. The van der Waals surface area contributed by atoms with Crippen LogP contribution in [0.15, 0.2) is 11.6 Å². The molecule has 0 unspecified atom stereocenters. The molecule has 15 heteroatoms. The fraction of sp³-hybridized carbons (Fsp3) is 0.905. The van der Waals surface area contributed by atoms with Gasteiger partial charge in [0.05, 0.1) is 30.1 Å². The van der Waals surface area contributed by atoms with Gasteiger partial charge in [0, 0.05) is 0 Å². The number of fused-ring (bicyclic) bond motifs is 7. The molecule has 7 aliphatic rings. The maximum atomic E-state index is 14.6.